The number of halogens is 3. The number of carbonyl (C=O) groups is 2. The lowest BCUT2D eigenvalue weighted by atomic mass is 10.1. The van der Waals surface area contributed by atoms with Crippen LogP contribution in [-0.4, -0.2) is 34.0 Å². The molecule has 0 radical (unpaired) electrons. The van der Waals surface area contributed by atoms with Crippen LogP contribution in [0.1, 0.15) is 45.2 Å². The molecule has 2 rings (SSSR count). The third-order valence-electron chi connectivity index (χ3n) is 4.68. The molecule has 0 aliphatic carbocycles. The minimum Gasteiger partial charge on any atom is -0.350 e. The Morgan fingerprint density at radius 3 is 2.22 bits per heavy atom. The van der Waals surface area contributed by atoms with Gasteiger partial charge in [0.1, 0.15) is 11.9 Å². The average Bonchev–Trinajstić information content (AvgIpc) is 2.70. The van der Waals surface area contributed by atoms with E-state index in [1.54, 1.807) is 35.2 Å². The van der Waals surface area contributed by atoms with Gasteiger partial charge in [-0.1, -0.05) is 48.3 Å². The molecule has 32 heavy (non-hydrogen) atoms. The standard InChI is InChI=1S/C24H29Cl2FN2O2S/c1-5-21(23(31)28-24(2,3)4)29(13-18-19(25)7-6-8-20(18)26)22(30)15-32-14-16-9-11-17(27)12-10-16/h6-12,21H,5,13-15H2,1-4H3,(H,28,31). The lowest BCUT2D eigenvalue weighted by Gasteiger charge is -2.33. The van der Waals surface area contributed by atoms with Gasteiger partial charge >= 0.3 is 0 Å². The molecular formula is C24H29Cl2FN2O2S. The van der Waals surface area contributed by atoms with Crippen LogP contribution < -0.4 is 5.32 Å². The average molecular weight is 499 g/mol. The van der Waals surface area contributed by atoms with Gasteiger partial charge in [-0.3, -0.25) is 9.59 Å². The molecule has 0 aliphatic rings. The molecule has 1 unspecified atom stereocenters. The number of benzene rings is 2. The van der Waals surface area contributed by atoms with Crippen molar-refractivity contribution in [2.45, 2.75) is 58.0 Å². The van der Waals surface area contributed by atoms with Gasteiger partial charge in [-0.05, 0) is 57.0 Å². The van der Waals surface area contributed by atoms with Crippen molar-refractivity contribution in [3.8, 4) is 0 Å². The van der Waals surface area contributed by atoms with Crippen LogP contribution in [0.25, 0.3) is 0 Å². The Balaban J connectivity index is 2.22. The Morgan fingerprint density at radius 2 is 1.69 bits per heavy atom. The van der Waals surface area contributed by atoms with Crippen molar-refractivity contribution < 1.29 is 14.0 Å². The summed E-state index contributed by atoms with van der Waals surface area (Å²) in [4.78, 5) is 27.8. The largest absolute Gasteiger partial charge is 0.350 e. The molecule has 0 bridgehead atoms. The van der Waals surface area contributed by atoms with E-state index in [1.807, 2.05) is 27.7 Å². The summed E-state index contributed by atoms with van der Waals surface area (Å²) in [6.07, 6.45) is 0.443. The maximum absolute atomic E-state index is 13.3. The van der Waals surface area contributed by atoms with E-state index >= 15 is 0 Å². The number of amides is 2. The van der Waals surface area contributed by atoms with Crippen molar-refractivity contribution in [1.82, 2.24) is 10.2 Å². The summed E-state index contributed by atoms with van der Waals surface area (Å²) >= 11 is 14.1. The van der Waals surface area contributed by atoms with Gasteiger partial charge in [0.2, 0.25) is 11.8 Å². The first-order chi connectivity index (χ1) is 15.0. The number of hydrogen-bond acceptors (Lipinski definition) is 3. The quantitative estimate of drug-likeness (QED) is 0.455. The van der Waals surface area contributed by atoms with Crippen molar-refractivity contribution in [3.63, 3.8) is 0 Å². The van der Waals surface area contributed by atoms with Gasteiger partial charge < -0.3 is 10.2 Å². The van der Waals surface area contributed by atoms with E-state index in [1.165, 1.54) is 23.9 Å². The van der Waals surface area contributed by atoms with Crippen LogP contribution in [0.15, 0.2) is 42.5 Å². The van der Waals surface area contributed by atoms with Gasteiger partial charge in [0.25, 0.3) is 0 Å². The van der Waals surface area contributed by atoms with Crippen LogP contribution in [0.2, 0.25) is 10.0 Å². The predicted molar refractivity (Wildman–Crippen MR) is 132 cm³/mol. The number of rotatable bonds is 9. The molecule has 0 fully saturated rings. The van der Waals surface area contributed by atoms with E-state index in [0.717, 1.165) is 5.56 Å². The molecule has 4 nitrogen and oxygen atoms in total. The molecule has 0 aliphatic heterocycles. The monoisotopic (exact) mass is 498 g/mol. The third-order valence-corrected chi connectivity index (χ3v) is 6.38. The third kappa shape index (κ3) is 7.98. The zero-order valence-electron chi connectivity index (χ0n) is 18.8. The highest BCUT2D eigenvalue weighted by Gasteiger charge is 2.31. The molecule has 0 aromatic heterocycles. The fourth-order valence-corrected chi connectivity index (χ4v) is 4.53. The molecule has 1 N–H and O–H groups in total. The number of hydrogen-bond donors (Lipinski definition) is 1. The number of nitrogens with one attached hydrogen (secondary N) is 1. The number of carbonyl (C=O) groups excluding carboxylic acids is 2. The number of nitrogens with zero attached hydrogens (tertiary/aromatic N) is 1. The summed E-state index contributed by atoms with van der Waals surface area (Å²) in [7, 11) is 0. The van der Waals surface area contributed by atoms with Gasteiger partial charge in [-0.15, -0.1) is 11.8 Å². The van der Waals surface area contributed by atoms with Gasteiger partial charge in [-0.25, -0.2) is 4.39 Å². The predicted octanol–water partition coefficient (Wildman–Crippen LogP) is 6.09. The van der Waals surface area contributed by atoms with Crippen LogP contribution in [0.5, 0.6) is 0 Å². The van der Waals surface area contributed by atoms with Gasteiger partial charge in [-0.2, -0.15) is 0 Å². The smallest absolute Gasteiger partial charge is 0.243 e. The summed E-state index contributed by atoms with van der Waals surface area (Å²) in [6, 6.07) is 10.7. The summed E-state index contributed by atoms with van der Waals surface area (Å²) in [5, 5.41) is 3.86. The summed E-state index contributed by atoms with van der Waals surface area (Å²) in [5.74, 6) is 0.00789. The Hall–Kier alpha value is -1.76. The van der Waals surface area contributed by atoms with Gasteiger partial charge in [0.15, 0.2) is 0 Å². The molecule has 0 saturated carbocycles. The van der Waals surface area contributed by atoms with E-state index in [-0.39, 0.29) is 29.9 Å². The van der Waals surface area contributed by atoms with Crippen LogP contribution in [0.3, 0.4) is 0 Å². The molecular weight excluding hydrogens is 470 g/mol. The van der Waals surface area contributed by atoms with E-state index in [2.05, 4.69) is 5.32 Å². The Kier molecular flexibility index (Phi) is 9.86. The van der Waals surface area contributed by atoms with Crippen LogP contribution in [0, 0.1) is 5.82 Å². The van der Waals surface area contributed by atoms with E-state index in [0.29, 0.717) is 27.8 Å². The molecule has 2 amide bonds. The van der Waals surface area contributed by atoms with Gasteiger partial charge in [0, 0.05) is 33.4 Å². The summed E-state index contributed by atoms with van der Waals surface area (Å²) in [5.41, 5.74) is 1.09. The first kappa shape index (κ1) is 26.5. The second kappa shape index (κ2) is 11.9. The maximum Gasteiger partial charge on any atom is 0.243 e. The van der Waals surface area contributed by atoms with Crippen molar-refractivity contribution in [2.75, 3.05) is 5.75 Å². The highest BCUT2D eigenvalue weighted by molar-refractivity contribution is 7.99. The normalized spacial score (nSPS) is 12.3. The van der Waals surface area contributed by atoms with E-state index < -0.39 is 11.6 Å². The molecule has 2 aromatic carbocycles. The molecule has 8 heteroatoms. The molecule has 174 valence electrons. The van der Waals surface area contributed by atoms with Gasteiger partial charge in [0.05, 0.1) is 5.75 Å². The molecule has 2 aromatic rings. The highest BCUT2D eigenvalue weighted by atomic mass is 35.5. The minimum atomic E-state index is -0.666. The van der Waals surface area contributed by atoms with Crippen molar-refractivity contribution in [3.05, 3.63) is 69.5 Å². The maximum atomic E-state index is 13.3. The SMILES string of the molecule is CCC(C(=O)NC(C)(C)C)N(Cc1c(Cl)cccc1Cl)C(=O)CSCc1ccc(F)cc1. The lowest BCUT2D eigenvalue weighted by Crippen LogP contribution is -2.53. The first-order valence-corrected chi connectivity index (χ1v) is 12.3. The Morgan fingerprint density at radius 1 is 1.09 bits per heavy atom. The second-order valence-corrected chi connectivity index (χ2v) is 10.3. The highest BCUT2D eigenvalue weighted by Crippen LogP contribution is 2.27. The number of thioether (sulfide) groups is 1. The molecule has 0 spiro atoms. The summed E-state index contributed by atoms with van der Waals surface area (Å²) in [6.45, 7) is 7.69. The van der Waals surface area contributed by atoms with E-state index in [9.17, 15) is 14.0 Å². The second-order valence-electron chi connectivity index (χ2n) is 8.50. The van der Waals surface area contributed by atoms with Crippen molar-refractivity contribution in [1.29, 1.82) is 0 Å². The van der Waals surface area contributed by atoms with E-state index in [4.69, 9.17) is 23.2 Å². The first-order valence-electron chi connectivity index (χ1n) is 10.4. The Bertz CT molecular complexity index is 912. The van der Waals surface area contributed by atoms with Crippen LogP contribution in [-0.2, 0) is 21.9 Å². The Labute approximate surface area is 203 Å². The fraction of sp³-hybridized carbons (Fsp3) is 0.417. The summed E-state index contributed by atoms with van der Waals surface area (Å²) < 4.78 is 13.1. The minimum absolute atomic E-state index is 0.129. The zero-order valence-corrected chi connectivity index (χ0v) is 21.1. The topological polar surface area (TPSA) is 49.4 Å². The van der Waals surface area contributed by atoms with Crippen LogP contribution >= 0.6 is 35.0 Å². The zero-order chi connectivity index (χ0) is 23.9. The lowest BCUT2D eigenvalue weighted by molar-refractivity contribution is -0.140. The van der Waals surface area contributed by atoms with Crippen molar-refractivity contribution >= 4 is 46.8 Å². The van der Waals surface area contributed by atoms with Crippen molar-refractivity contribution in [2.24, 2.45) is 0 Å². The fourth-order valence-electron chi connectivity index (χ4n) is 3.15. The molecule has 1 atom stereocenters. The molecule has 0 saturated heterocycles. The molecule has 0 heterocycles. The van der Waals surface area contributed by atoms with Crippen LogP contribution in [0.4, 0.5) is 4.39 Å².